The molecule has 1 N–H and O–H groups in total. The van der Waals surface area contributed by atoms with E-state index in [-0.39, 0.29) is 5.54 Å². The minimum absolute atomic E-state index is 0.204. The number of aromatic nitrogens is 2. The highest BCUT2D eigenvalue weighted by Crippen LogP contribution is 2.23. The number of piperidine rings is 1. The summed E-state index contributed by atoms with van der Waals surface area (Å²) in [5, 5.41) is 13.7. The Kier molecular flexibility index (Phi) is 4.18. The molecule has 1 aromatic heterocycles. The maximum absolute atomic E-state index is 11.4. The van der Waals surface area contributed by atoms with Crippen molar-refractivity contribution >= 4 is 5.97 Å². The van der Waals surface area contributed by atoms with Crippen LogP contribution >= 0.6 is 0 Å². The standard InChI is InChI=1S/C15H25N3O2/c1-11-6-5-7-17(9-11)10-13-12(14(19)20)8-16-18(13)15(2,3)4/h8,11H,5-7,9-10H2,1-4H3,(H,19,20). The van der Waals surface area contributed by atoms with Gasteiger partial charge in [0.05, 0.1) is 17.4 Å². The van der Waals surface area contributed by atoms with E-state index in [4.69, 9.17) is 0 Å². The van der Waals surface area contributed by atoms with Crippen molar-refractivity contribution in [3.8, 4) is 0 Å². The highest BCUT2D eigenvalue weighted by Gasteiger charge is 2.26. The Hall–Kier alpha value is -1.36. The number of likely N-dealkylation sites (tertiary alicyclic amines) is 1. The van der Waals surface area contributed by atoms with Gasteiger partial charge in [0.15, 0.2) is 0 Å². The molecule has 0 spiro atoms. The average molecular weight is 279 g/mol. The Bertz CT molecular complexity index is 488. The van der Waals surface area contributed by atoms with Crippen molar-refractivity contribution in [1.29, 1.82) is 0 Å². The Labute approximate surface area is 120 Å². The molecule has 1 aliphatic rings. The van der Waals surface area contributed by atoms with Crippen LogP contribution in [0, 0.1) is 5.92 Å². The predicted octanol–water partition coefficient (Wildman–Crippen LogP) is 2.57. The van der Waals surface area contributed by atoms with Crippen LogP contribution in [0.2, 0.25) is 0 Å². The molecule has 0 radical (unpaired) electrons. The zero-order valence-corrected chi connectivity index (χ0v) is 12.9. The highest BCUT2D eigenvalue weighted by molar-refractivity contribution is 5.88. The molecule has 5 heteroatoms. The summed E-state index contributed by atoms with van der Waals surface area (Å²) in [6.45, 7) is 11.2. The van der Waals surface area contributed by atoms with Crippen molar-refractivity contribution in [2.24, 2.45) is 5.92 Å². The number of carbonyl (C=O) groups is 1. The van der Waals surface area contributed by atoms with Gasteiger partial charge in [0.1, 0.15) is 5.56 Å². The van der Waals surface area contributed by atoms with Crippen LogP contribution in [0.4, 0.5) is 0 Å². The van der Waals surface area contributed by atoms with Crippen molar-refractivity contribution in [3.63, 3.8) is 0 Å². The lowest BCUT2D eigenvalue weighted by Crippen LogP contribution is -2.36. The number of carboxylic acids is 1. The van der Waals surface area contributed by atoms with Gasteiger partial charge in [-0.25, -0.2) is 4.79 Å². The van der Waals surface area contributed by atoms with E-state index in [1.807, 2.05) is 25.5 Å². The summed E-state index contributed by atoms with van der Waals surface area (Å²) in [5.41, 5.74) is 0.946. The van der Waals surface area contributed by atoms with Gasteiger partial charge < -0.3 is 5.11 Å². The molecule has 2 heterocycles. The summed E-state index contributed by atoms with van der Waals surface area (Å²) in [6.07, 6.45) is 3.93. The van der Waals surface area contributed by atoms with Gasteiger partial charge in [-0.05, 0) is 46.1 Å². The molecule has 1 saturated heterocycles. The van der Waals surface area contributed by atoms with E-state index < -0.39 is 5.97 Å². The van der Waals surface area contributed by atoms with E-state index >= 15 is 0 Å². The number of nitrogens with zero attached hydrogens (tertiary/aromatic N) is 3. The molecule has 1 aliphatic heterocycles. The van der Waals surface area contributed by atoms with Gasteiger partial charge in [-0.3, -0.25) is 9.58 Å². The first-order chi connectivity index (χ1) is 9.29. The zero-order chi connectivity index (χ0) is 14.9. The van der Waals surface area contributed by atoms with Crippen LogP contribution in [0.25, 0.3) is 0 Å². The number of aromatic carboxylic acids is 1. The van der Waals surface area contributed by atoms with E-state index in [1.54, 1.807) is 0 Å². The van der Waals surface area contributed by atoms with Crippen LogP contribution < -0.4 is 0 Å². The molecule has 2 rings (SSSR count). The molecule has 0 aromatic carbocycles. The van der Waals surface area contributed by atoms with Crippen molar-refractivity contribution in [2.75, 3.05) is 13.1 Å². The van der Waals surface area contributed by atoms with E-state index in [0.29, 0.717) is 18.0 Å². The molecular formula is C15H25N3O2. The summed E-state index contributed by atoms with van der Waals surface area (Å²) in [6, 6.07) is 0. The Balaban J connectivity index is 2.28. The maximum Gasteiger partial charge on any atom is 0.339 e. The summed E-state index contributed by atoms with van der Waals surface area (Å²) in [7, 11) is 0. The highest BCUT2D eigenvalue weighted by atomic mass is 16.4. The van der Waals surface area contributed by atoms with Crippen LogP contribution in [0.15, 0.2) is 6.20 Å². The van der Waals surface area contributed by atoms with Crippen molar-refractivity contribution in [1.82, 2.24) is 14.7 Å². The minimum atomic E-state index is -0.888. The van der Waals surface area contributed by atoms with E-state index in [1.165, 1.54) is 19.0 Å². The fourth-order valence-corrected chi connectivity index (χ4v) is 2.92. The molecule has 1 unspecified atom stereocenters. The molecule has 112 valence electrons. The van der Waals surface area contributed by atoms with Crippen LogP contribution in [0.5, 0.6) is 0 Å². The largest absolute Gasteiger partial charge is 0.478 e. The average Bonchev–Trinajstić information content (AvgIpc) is 2.72. The van der Waals surface area contributed by atoms with Gasteiger partial charge in [0.25, 0.3) is 0 Å². The van der Waals surface area contributed by atoms with Crippen molar-refractivity contribution in [3.05, 3.63) is 17.5 Å². The van der Waals surface area contributed by atoms with Crippen molar-refractivity contribution in [2.45, 2.75) is 52.6 Å². The number of hydrogen-bond donors (Lipinski definition) is 1. The fourth-order valence-electron chi connectivity index (χ4n) is 2.92. The minimum Gasteiger partial charge on any atom is -0.478 e. The van der Waals surface area contributed by atoms with E-state index in [0.717, 1.165) is 18.8 Å². The Morgan fingerprint density at radius 3 is 2.75 bits per heavy atom. The Morgan fingerprint density at radius 1 is 1.50 bits per heavy atom. The van der Waals surface area contributed by atoms with Gasteiger partial charge in [0, 0.05) is 13.1 Å². The third kappa shape index (κ3) is 3.20. The third-order valence-corrected chi connectivity index (χ3v) is 3.85. The SMILES string of the molecule is CC1CCCN(Cc2c(C(=O)O)cnn2C(C)(C)C)C1. The van der Waals surface area contributed by atoms with Gasteiger partial charge in [-0.1, -0.05) is 6.92 Å². The van der Waals surface area contributed by atoms with E-state index in [9.17, 15) is 9.90 Å². The molecule has 5 nitrogen and oxygen atoms in total. The normalized spacial score (nSPS) is 21.1. The van der Waals surface area contributed by atoms with Crippen LogP contribution in [0.1, 0.15) is 56.6 Å². The zero-order valence-electron chi connectivity index (χ0n) is 12.9. The molecule has 1 atom stereocenters. The van der Waals surface area contributed by atoms with Crippen LogP contribution in [0.3, 0.4) is 0 Å². The number of rotatable bonds is 3. The molecule has 0 bridgehead atoms. The Morgan fingerprint density at radius 2 is 2.20 bits per heavy atom. The molecule has 0 aliphatic carbocycles. The summed E-state index contributed by atoms with van der Waals surface area (Å²) < 4.78 is 1.86. The lowest BCUT2D eigenvalue weighted by atomic mass is 10.00. The van der Waals surface area contributed by atoms with Gasteiger partial charge in [0.2, 0.25) is 0 Å². The van der Waals surface area contributed by atoms with Gasteiger partial charge in [-0.15, -0.1) is 0 Å². The summed E-state index contributed by atoms with van der Waals surface area (Å²) in [5.74, 6) is -0.205. The van der Waals surface area contributed by atoms with Gasteiger partial charge >= 0.3 is 5.97 Å². The second kappa shape index (κ2) is 5.56. The van der Waals surface area contributed by atoms with E-state index in [2.05, 4.69) is 16.9 Å². The maximum atomic E-state index is 11.4. The number of hydrogen-bond acceptors (Lipinski definition) is 3. The molecule has 0 saturated carbocycles. The lowest BCUT2D eigenvalue weighted by molar-refractivity contribution is 0.0693. The third-order valence-electron chi connectivity index (χ3n) is 3.85. The molecule has 20 heavy (non-hydrogen) atoms. The van der Waals surface area contributed by atoms with Crippen LogP contribution in [-0.4, -0.2) is 38.8 Å². The molecule has 1 fully saturated rings. The first-order valence-electron chi connectivity index (χ1n) is 7.32. The quantitative estimate of drug-likeness (QED) is 0.924. The molecule has 1 aromatic rings. The lowest BCUT2D eigenvalue weighted by Gasteiger charge is -2.32. The monoisotopic (exact) mass is 279 g/mol. The number of carboxylic acid groups (broad SMARTS) is 1. The first-order valence-corrected chi connectivity index (χ1v) is 7.32. The topological polar surface area (TPSA) is 58.4 Å². The molecule has 0 amide bonds. The molecular weight excluding hydrogens is 254 g/mol. The summed E-state index contributed by atoms with van der Waals surface area (Å²) >= 11 is 0. The summed E-state index contributed by atoms with van der Waals surface area (Å²) in [4.78, 5) is 13.7. The van der Waals surface area contributed by atoms with Crippen LogP contribution in [-0.2, 0) is 12.1 Å². The second-order valence-electron chi connectivity index (χ2n) is 6.88. The second-order valence-corrected chi connectivity index (χ2v) is 6.88. The van der Waals surface area contributed by atoms with Crippen molar-refractivity contribution < 1.29 is 9.90 Å². The predicted molar refractivity (Wildman–Crippen MR) is 77.9 cm³/mol. The smallest absolute Gasteiger partial charge is 0.339 e. The van der Waals surface area contributed by atoms with Gasteiger partial charge in [-0.2, -0.15) is 5.10 Å². The fraction of sp³-hybridized carbons (Fsp3) is 0.733. The first kappa shape index (κ1) is 15.0.